The number of aromatic nitrogens is 1. The molecule has 7 N–H and O–H groups in total. The van der Waals surface area contributed by atoms with Crippen LogP contribution < -0.4 is 20.5 Å². The molecule has 10 heteroatoms. The highest BCUT2D eigenvalue weighted by Gasteiger charge is 2.13. The summed E-state index contributed by atoms with van der Waals surface area (Å²) in [5, 5.41) is 25.4. The van der Waals surface area contributed by atoms with Crippen LogP contribution in [0.4, 0.5) is 11.4 Å². The van der Waals surface area contributed by atoms with Crippen LogP contribution in [0, 0.1) is 0 Å². The van der Waals surface area contributed by atoms with Gasteiger partial charge in [0.25, 0.3) is 0 Å². The fraction of sp³-hybridized carbons (Fsp3) is 0.217. The normalized spacial score (nSPS) is 12.8. The lowest BCUT2D eigenvalue weighted by Gasteiger charge is -2.15. The van der Waals surface area contributed by atoms with Gasteiger partial charge in [-0.15, -0.1) is 0 Å². The molecule has 0 fully saturated rings. The van der Waals surface area contributed by atoms with Crippen molar-refractivity contribution < 1.29 is 23.4 Å². The molecule has 1 unspecified atom stereocenters. The second-order valence-corrected chi connectivity index (χ2v) is 9.57. The van der Waals surface area contributed by atoms with Gasteiger partial charge in [0, 0.05) is 35.4 Å². The SMILES string of the molecule is CS(=O)(=O)Nc1cc(C(O)CNCCOc2cc3[nH]c4ccccc4c3cc2N)ccc1O. The summed E-state index contributed by atoms with van der Waals surface area (Å²) in [6, 6.07) is 16.0. The Kier molecular flexibility index (Phi) is 6.32. The van der Waals surface area contributed by atoms with Crippen molar-refractivity contribution in [1.29, 1.82) is 0 Å². The number of anilines is 2. The van der Waals surface area contributed by atoms with Crippen LogP contribution in [0.25, 0.3) is 21.8 Å². The molecule has 1 atom stereocenters. The first kappa shape index (κ1) is 22.7. The van der Waals surface area contributed by atoms with Gasteiger partial charge in [-0.25, -0.2) is 8.42 Å². The number of benzene rings is 3. The van der Waals surface area contributed by atoms with E-state index in [1.807, 2.05) is 36.4 Å². The molecule has 0 spiro atoms. The predicted octanol–water partition coefficient (Wildman–Crippen LogP) is 2.68. The van der Waals surface area contributed by atoms with Crippen molar-refractivity contribution >= 4 is 43.2 Å². The number of sulfonamides is 1. The molecule has 0 aliphatic rings. The number of nitrogens with two attached hydrogens (primary N) is 1. The van der Waals surface area contributed by atoms with Crippen molar-refractivity contribution in [1.82, 2.24) is 10.3 Å². The molecular weight excluding hydrogens is 444 g/mol. The molecule has 174 valence electrons. The number of fused-ring (bicyclic) bond motifs is 3. The molecule has 0 aliphatic heterocycles. The average molecular weight is 471 g/mol. The molecule has 1 aromatic heterocycles. The molecule has 0 radical (unpaired) electrons. The second-order valence-electron chi connectivity index (χ2n) is 7.83. The highest BCUT2D eigenvalue weighted by molar-refractivity contribution is 7.92. The molecule has 0 bridgehead atoms. The minimum atomic E-state index is -3.55. The number of aromatic amines is 1. The van der Waals surface area contributed by atoms with Gasteiger partial charge in [0.15, 0.2) is 0 Å². The highest BCUT2D eigenvalue weighted by Crippen LogP contribution is 2.33. The topological polar surface area (TPSA) is 150 Å². The minimum Gasteiger partial charge on any atom is -0.506 e. The number of hydrogen-bond acceptors (Lipinski definition) is 7. The van der Waals surface area contributed by atoms with Gasteiger partial charge in [-0.3, -0.25) is 4.72 Å². The van der Waals surface area contributed by atoms with Crippen LogP contribution in [-0.2, 0) is 10.0 Å². The summed E-state index contributed by atoms with van der Waals surface area (Å²) in [5.74, 6) is 0.355. The van der Waals surface area contributed by atoms with Gasteiger partial charge in [-0.2, -0.15) is 0 Å². The first-order valence-corrected chi connectivity index (χ1v) is 12.2. The first-order valence-electron chi connectivity index (χ1n) is 10.3. The van der Waals surface area contributed by atoms with E-state index in [1.54, 1.807) is 0 Å². The Morgan fingerprint density at radius 2 is 1.88 bits per heavy atom. The van der Waals surface area contributed by atoms with Crippen molar-refractivity contribution in [2.24, 2.45) is 0 Å². The van der Waals surface area contributed by atoms with E-state index in [0.717, 1.165) is 28.1 Å². The van der Waals surface area contributed by atoms with Gasteiger partial charge in [-0.05, 0) is 29.8 Å². The van der Waals surface area contributed by atoms with Crippen LogP contribution in [0.5, 0.6) is 11.5 Å². The molecule has 0 amide bonds. The Morgan fingerprint density at radius 1 is 1.09 bits per heavy atom. The predicted molar refractivity (Wildman–Crippen MR) is 130 cm³/mol. The maximum absolute atomic E-state index is 11.4. The highest BCUT2D eigenvalue weighted by atomic mass is 32.2. The summed E-state index contributed by atoms with van der Waals surface area (Å²) in [6.45, 7) is 0.996. The smallest absolute Gasteiger partial charge is 0.229 e. The Labute approximate surface area is 191 Å². The van der Waals surface area contributed by atoms with Crippen LogP contribution in [-0.4, -0.2) is 49.6 Å². The van der Waals surface area contributed by atoms with E-state index >= 15 is 0 Å². The van der Waals surface area contributed by atoms with Crippen LogP contribution in [0.15, 0.2) is 54.6 Å². The molecule has 33 heavy (non-hydrogen) atoms. The molecule has 0 saturated carbocycles. The molecule has 0 saturated heterocycles. The van der Waals surface area contributed by atoms with Gasteiger partial charge < -0.3 is 31.0 Å². The van der Waals surface area contributed by atoms with Gasteiger partial charge in [0.1, 0.15) is 18.1 Å². The number of rotatable bonds is 9. The zero-order chi connectivity index (χ0) is 23.6. The summed E-state index contributed by atoms with van der Waals surface area (Å²) in [7, 11) is -3.55. The number of aliphatic hydroxyl groups excluding tert-OH is 1. The number of phenolic OH excluding ortho intramolecular Hbond substituents is 1. The van der Waals surface area contributed by atoms with Crippen molar-refractivity contribution in [3.63, 3.8) is 0 Å². The number of para-hydroxylation sites is 1. The fourth-order valence-corrected chi connectivity index (χ4v) is 4.22. The van der Waals surface area contributed by atoms with E-state index < -0.39 is 16.1 Å². The molecule has 4 aromatic rings. The summed E-state index contributed by atoms with van der Waals surface area (Å²) >= 11 is 0. The van der Waals surface area contributed by atoms with Gasteiger partial charge in [0.05, 0.1) is 29.3 Å². The Bertz CT molecular complexity index is 1400. The zero-order valence-corrected chi connectivity index (χ0v) is 18.8. The van der Waals surface area contributed by atoms with Gasteiger partial charge in [0.2, 0.25) is 10.0 Å². The summed E-state index contributed by atoms with van der Waals surface area (Å²) in [5.41, 5.74) is 9.17. The molecule has 4 rings (SSSR count). The third kappa shape index (κ3) is 5.30. The summed E-state index contributed by atoms with van der Waals surface area (Å²) < 4.78 is 30.9. The lowest BCUT2D eigenvalue weighted by atomic mass is 10.1. The molecule has 3 aromatic carbocycles. The number of nitrogens with one attached hydrogen (secondary N) is 3. The van der Waals surface area contributed by atoms with E-state index in [9.17, 15) is 18.6 Å². The maximum atomic E-state index is 11.4. The first-order chi connectivity index (χ1) is 15.7. The summed E-state index contributed by atoms with van der Waals surface area (Å²) in [4.78, 5) is 3.36. The number of H-pyrrole nitrogens is 1. The van der Waals surface area contributed by atoms with E-state index in [-0.39, 0.29) is 18.0 Å². The number of nitrogen functional groups attached to an aromatic ring is 1. The molecule has 1 heterocycles. The molecular formula is C23H26N4O5S. The van der Waals surface area contributed by atoms with Crippen LogP contribution in [0.3, 0.4) is 0 Å². The Hall–Kier alpha value is -3.47. The van der Waals surface area contributed by atoms with Crippen LogP contribution >= 0.6 is 0 Å². The van der Waals surface area contributed by atoms with Crippen LogP contribution in [0.2, 0.25) is 0 Å². The Morgan fingerprint density at radius 3 is 2.67 bits per heavy atom. The van der Waals surface area contributed by atoms with Crippen molar-refractivity contribution in [2.75, 3.05) is 36.4 Å². The van der Waals surface area contributed by atoms with E-state index in [4.69, 9.17) is 10.5 Å². The lowest BCUT2D eigenvalue weighted by Crippen LogP contribution is -2.26. The molecule has 9 nitrogen and oxygen atoms in total. The molecule has 0 aliphatic carbocycles. The van der Waals surface area contributed by atoms with E-state index in [0.29, 0.717) is 30.2 Å². The van der Waals surface area contributed by atoms with Gasteiger partial charge in [-0.1, -0.05) is 24.3 Å². The number of hydrogen-bond donors (Lipinski definition) is 6. The van der Waals surface area contributed by atoms with Crippen molar-refractivity contribution in [2.45, 2.75) is 6.10 Å². The monoisotopic (exact) mass is 470 g/mol. The number of aromatic hydroxyl groups is 1. The largest absolute Gasteiger partial charge is 0.506 e. The zero-order valence-electron chi connectivity index (χ0n) is 18.0. The van der Waals surface area contributed by atoms with E-state index in [1.165, 1.54) is 18.2 Å². The Balaban J connectivity index is 1.32. The standard InChI is InChI=1S/C23H26N4O5S/c1-33(30,31)27-20-10-14(6-7-21(20)28)22(29)13-25-8-9-32-23-12-19-16(11-17(23)24)15-4-2-3-5-18(15)26-19/h2-7,10-12,22,25-29H,8-9,13,24H2,1H3. The van der Waals surface area contributed by atoms with Crippen molar-refractivity contribution in [3.05, 3.63) is 60.2 Å². The number of phenols is 1. The third-order valence-electron chi connectivity index (χ3n) is 5.21. The van der Waals surface area contributed by atoms with E-state index in [2.05, 4.69) is 15.0 Å². The summed E-state index contributed by atoms with van der Waals surface area (Å²) in [6.07, 6.45) is 0.0817. The van der Waals surface area contributed by atoms with Crippen molar-refractivity contribution in [3.8, 4) is 11.5 Å². The second kappa shape index (κ2) is 9.18. The quantitative estimate of drug-likeness (QED) is 0.125. The third-order valence-corrected chi connectivity index (χ3v) is 5.80. The average Bonchev–Trinajstić information content (AvgIpc) is 3.11. The lowest BCUT2D eigenvalue weighted by molar-refractivity contribution is 0.172. The van der Waals surface area contributed by atoms with Gasteiger partial charge >= 0.3 is 0 Å². The van der Waals surface area contributed by atoms with Crippen LogP contribution in [0.1, 0.15) is 11.7 Å². The maximum Gasteiger partial charge on any atom is 0.229 e. The minimum absolute atomic E-state index is 0.0141. The number of ether oxygens (including phenoxy) is 1. The number of aliphatic hydroxyl groups is 1. The fourth-order valence-electron chi connectivity index (χ4n) is 3.65.